The molecular weight excluding hydrogens is 692 g/mol. The molecule has 0 saturated carbocycles. The number of sulfonamides is 1. The molecule has 0 spiro atoms. The van der Waals surface area contributed by atoms with E-state index in [9.17, 15) is 18.0 Å². The van der Waals surface area contributed by atoms with Crippen molar-refractivity contribution < 1.29 is 22.4 Å². The summed E-state index contributed by atoms with van der Waals surface area (Å²) in [6.45, 7) is 4.64. The Morgan fingerprint density at radius 1 is 0.841 bits per heavy atom. The first-order valence-corrected chi connectivity index (χ1v) is 16.6. The maximum Gasteiger partial charge on any atom is 0.264 e. The van der Waals surface area contributed by atoms with Gasteiger partial charge in [0, 0.05) is 27.6 Å². The summed E-state index contributed by atoms with van der Waals surface area (Å²) in [5, 5.41) is 2.96. The Hall–Kier alpha value is -3.77. The van der Waals surface area contributed by atoms with Crippen LogP contribution in [-0.4, -0.2) is 43.3 Å². The Balaban J connectivity index is 1.82. The predicted molar refractivity (Wildman–Crippen MR) is 179 cm³/mol. The van der Waals surface area contributed by atoms with Crippen molar-refractivity contribution in [3.8, 4) is 0 Å². The molecule has 2 amide bonds. The monoisotopic (exact) mass is 727 g/mol. The Morgan fingerprint density at radius 2 is 1.41 bits per heavy atom. The van der Waals surface area contributed by atoms with Gasteiger partial charge < -0.3 is 10.2 Å². The summed E-state index contributed by atoms with van der Waals surface area (Å²) in [7, 11) is -4.20. The summed E-state index contributed by atoms with van der Waals surface area (Å²) in [5.41, 5.74) is 0.656. The molecule has 0 aliphatic rings. The van der Waals surface area contributed by atoms with E-state index in [1.807, 2.05) is 51.1 Å². The lowest BCUT2D eigenvalue weighted by molar-refractivity contribution is -0.140. The number of nitrogens with one attached hydrogen (secondary N) is 1. The summed E-state index contributed by atoms with van der Waals surface area (Å²) >= 11 is 2.12. The van der Waals surface area contributed by atoms with E-state index in [2.05, 4.69) is 27.9 Å². The van der Waals surface area contributed by atoms with Crippen LogP contribution >= 0.6 is 22.6 Å². The van der Waals surface area contributed by atoms with Crippen molar-refractivity contribution in [1.82, 2.24) is 10.2 Å². The average molecular weight is 728 g/mol. The van der Waals surface area contributed by atoms with Crippen molar-refractivity contribution in [2.45, 2.75) is 50.2 Å². The predicted octanol–water partition coefficient (Wildman–Crippen LogP) is 6.18. The molecule has 230 valence electrons. The highest BCUT2D eigenvalue weighted by Crippen LogP contribution is 2.26. The average Bonchev–Trinajstić information content (AvgIpc) is 2.99. The van der Waals surface area contributed by atoms with Gasteiger partial charge in [0.25, 0.3) is 10.0 Å². The van der Waals surface area contributed by atoms with E-state index in [0.717, 1.165) is 13.4 Å². The first-order chi connectivity index (χ1) is 20.8. The van der Waals surface area contributed by atoms with Gasteiger partial charge in [-0.1, -0.05) is 66.7 Å². The van der Waals surface area contributed by atoms with Gasteiger partial charge in [-0.05, 0) is 91.4 Å². The first kappa shape index (κ1) is 33.1. The molecule has 0 aliphatic heterocycles. The molecule has 0 aliphatic carbocycles. The van der Waals surface area contributed by atoms with E-state index in [-0.39, 0.29) is 29.1 Å². The molecule has 10 heteroatoms. The number of anilines is 1. The number of rotatable bonds is 11. The lowest BCUT2D eigenvalue weighted by Gasteiger charge is -2.35. The van der Waals surface area contributed by atoms with Gasteiger partial charge >= 0.3 is 0 Å². The number of carbonyl (C=O) groups is 2. The second-order valence-corrected chi connectivity index (χ2v) is 14.5. The quantitative estimate of drug-likeness (QED) is 0.187. The summed E-state index contributed by atoms with van der Waals surface area (Å²) in [5.74, 6) is -1.62. The highest BCUT2D eigenvalue weighted by molar-refractivity contribution is 14.1. The molecule has 0 radical (unpaired) electrons. The zero-order valence-corrected chi connectivity index (χ0v) is 27.8. The molecule has 0 saturated heterocycles. The minimum absolute atomic E-state index is 0.0123. The second-order valence-electron chi connectivity index (χ2n) is 11.4. The second kappa shape index (κ2) is 14.3. The van der Waals surface area contributed by atoms with Gasteiger partial charge in [-0.2, -0.15) is 0 Å². The molecule has 44 heavy (non-hydrogen) atoms. The van der Waals surface area contributed by atoms with Crippen molar-refractivity contribution in [1.29, 1.82) is 0 Å². The largest absolute Gasteiger partial charge is 0.350 e. The van der Waals surface area contributed by atoms with Crippen LogP contribution in [-0.2, 0) is 32.6 Å². The molecule has 0 aromatic heterocycles. The summed E-state index contributed by atoms with van der Waals surface area (Å²) in [6, 6.07) is 28.8. The number of hydrogen-bond acceptors (Lipinski definition) is 4. The number of carbonyl (C=O) groups excluding carboxylic acids is 2. The molecule has 1 N–H and O–H groups in total. The maximum atomic E-state index is 15.0. The van der Waals surface area contributed by atoms with E-state index >= 15 is 4.39 Å². The number of halogens is 2. The third kappa shape index (κ3) is 8.66. The van der Waals surface area contributed by atoms with Gasteiger partial charge in [-0.25, -0.2) is 12.8 Å². The molecule has 1 atom stereocenters. The van der Waals surface area contributed by atoms with Gasteiger partial charge in [0.15, 0.2) is 0 Å². The zero-order valence-electron chi connectivity index (χ0n) is 24.8. The summed E-state index contributed by atoms with van der Waals surface area (Å²) < 4.78 is 44.9. The Bertz CT molecular complexity index is 1680. The Morgan fingerprint density at radius 3 is 2.00 bits per heavy atom. The van der Waals surface area contributed by atoms with Crippen molar-refractivity contribution in [3.63, 3.8) is 0 Å². The topological polar surface area (TPSA) is 86.8 Å². The van der Waals surface area contributed by atoms with E-state index in [1.165, 1.54) is 23.1 Å². The Labute approximate surface area is 272 Å². The van der Waals surface area contributed by atoms with Crippen molar-refractivity contribution in [2.75, 3.05) is 10.8 Å². The third-order valence-corrected chi connectivity index (χ3v) is 9.30. The van der Waals surface area contributed by atoms with Crippen LogP contribution in [0.25, 0.3) is 0 Å². The van der Waals surface area contributed by atoms with Crippen LogP contribution in [0.4, 0.5) is 10.1 Å². The zero-order chi connectivity index (χ0) is 31.9. The van der Waals surface area contributed by atoms with Gasteiger partial charge in [0.1, 0.15) is 18.4 Å². The molecule has 0 heterocycles. The fourth-order valence-electron chi connectivity index (χ4n) is 4.67. The lowest BCUT2D eigenvalue weighted by atomic mass is 10.0. The van der Waals surface area contributed by atoms with Crippen molar-refractivity contribution in [3.05, 3.63) is 130 Å². The Kier molecular flexibility index (Phi) is 10.8. The van der Waals surface area contributed by atoms with Crippen LogP contribution < -0.4 is 9.62 Å². The van der Waals surface area contributed by atoms with E-state index in [4.69, 9.17) is 0 Å². The molecule has 7 nitrogen and oxygen atoms in total. The summed E-state index contributed by atoms with van der Waals surface area (Å²) in [4.78, 5) is 29.6. The summed E-state index contributed by atoms with van der Waals surface area (Å²) in [6.07, 6.45) is 0.137. The number of benzene rings is 4. The molecule has 4 aromatic rings. The standard InChI is InChI=1S/C34H35FIN3O4S/c1-34(2,3)37-33(41)31(22-25-12-6-4-7-13-25)38(23-26-14-10-11-17-30(26)35)32(40)24-39(28-20-18-27(36)19-21-28)44(42,43)29-15-8-5-9-16-29/h4-21,31H,22-24H2,1-3H3,(H,37,41). The smallest absolute Gasteiger partial charge is 0.264 e. The molecule has 0 fully saturated rings. The molecule has 4 aromatic carbocycles. The van der Waals surface area contributed by atoms with Gasteiger partial charge in [-0.3, -0.25) is 13.9 Å². The lowest BCUT2D eigenvalue weighted by Crippen LogP contribution is -2.56. The minimum atomic E-state index is -4.20. The van der Waals surface area contributed by atoms with Crippen LogP contribution in [0.5, 0.6) is 0 Å². The van der Waals surface area contributed by atoms with Crippen molar-refractivity contribution in [2.24, 2.45) is 0 Å². The normalized spacial score (nSPS) is 12.3. The third-order valence-electron chi connectivity index (χ3n) is 6.79. The fourth-order valence-corrected chi connectivity index (χ4v) is 6.47. The van der Waals surface area contributed by atoms with Gasteiger partial charge in [0.05, 0.1) is 10.6 Å². The first-order valence-electron chi connectivity index (χ1n) is 14.1. The van der Waals surface area contributed by atoms with Crippen LogP contribution in [0.3, 0.4) is 0 Å². The highest BCUT2D eigenvalue weighted by atomic mass is 127. The van der Waals surface area contributed by atoms with Crippen LogP contribution in [0.2, 0.25) is 0 Å². The molecule has 0 bridgehead atoms. The minimum Gasteiger partial charge on any atom is -0.350 e. The number of hydrogen-bond donors (Lipinski definition) is 1. The van der Waals surface area contributed by atoms with Crippen LogP contribution in [0.1, 0.15) is 31.9 Å². The SMILES string of the molecule is CC(C)(C)NC(=O)C(Cc1ccccc1)N(Cc1ccccc1F)C(=O)CN(c1ccc(I)cc1)S(=O)(=O)c1ccccc1. The fraction of sp³-hybridized carbons (Fsp3) is 0.235. The van der Waals surface area contributed by atoms with Crippen LogP contribution in [0, 0.1) is 9.39 Å². The van der Waals surface area contributed by atoms with Gasteiger partial charge in [-0.15, -0.1) is 0 Å². The van der Waals surface area contributed by atoms with Gasteiger partial charge in [0.2, 0.25) is 11.8 Å². The van der Waals surface area contributed by atoms with E-state index in [0.29, 0.717) is 0 Å². The molecular formula is C34H35FIN3O4S. The molecule has 4 rings (SSSR count). The van der Waals surface area contributed by atoms with E-state index < -0.39 is 45.8 Å². The van der Waals surface area contributed by atoms with Crippen molar-refractivity contribution >= 4 is 50.1 Å². The number of nitrogens with zero attached hydrogens (tertiary/aromatic N) is 2. The maximum absolute atomic E-state index is 15.0. The van der Waals surface area contributed by atoms with E-state index in [1.54, 1.807) is 60.7 Å². The number of amides is 2. The van der Waals surface area contributed by atoms with Crippen LogP contribution in [0.15, 0.2) is 114 Å². The highest BCUT2D eigenvalue weighted by Gasteiger charge is 2.36. The molecule has 1 unspecified atom stereocenters.